The highest BCUT2D eigenvalue weighted by molar-refractivity contribution is 14.0. The van der Waals surface area contributed by atoms with Crippen molar-refractivity contribution in [3.05, 3.63) is 53.9 Å². The van der Waals surface area contributed by atoms with Crippen LogP contribution in [0.5, 0.6) is 0 Å². The third kappa shape index (κ3) is 4.37. The van der Waals surface area contributed by atoms with Crippen LogP contribution in [0.3, 0.4) is 0 Å². The smallest absolute Gasteiger partial charge is 0.191 e. The summed E-state index contributed by atoms with van der Waals surface area (Å²) in [5, 5.41) is 11.3. The van der Waals surface area contributed by atoms with Crippen molar-refractivity contribution in [1.82, 2.24) is 20.4 Å². The summed E-state index contributed by atoms with van der Waals surface area (Å²) in [5.41, 5.74) is 2.52. The molecule has 0 amide bonds. The lowest BCUT2D eigenvalue weighted by Gasteiger charge is -2.23. The van der Waals surface area contributed by atoms with E-state index in [4.69, 9.17) is 4.74 Å². The fraction of sp³-hybridized carbons (Fsp3) is 0.474. The standard InChI is InChI=1S/C19H25N5O.HI/c1-20-19(23-17-11-16-7-8-18(17)25-16)21-12-14-5-2-3-6-15(14)13-24-10-4-9-22-24;/h2-6,9-10,16-18H,7-8,11-13H2,1H3,(H2,20,21,23);1H. The molecule has 6 nitrogen and oxygen atoms in total. The predicted molar refractivity (Wildman–Crippen MR) is 113 cm³/mol. The third-order valence-electron chi connectivity index (χ3n) is 5.11. The summed E-state index contributed by atoms with van der Waals surface area (Å²) in [4.78, 5) is 4.38. The van der Waals surface area contributed by atoms with Gasteiger partial charge in [-0.1, -0.05) is 24.3 Å². The van der Waals surface area contributed by atoms with Gasteiger partial charge in [0.15, 0.2) is 5.96 Å². The number of guanidine groups is 1. The number of halogens is 1. The SMILES string of the molecule is CN=C(NCc1ccccc1Cn1cccn1)NC1CC2CCC1O2.I. The summed E-state index contributed by atoms with van der Waals surface area (Å²) in [6.07, 6.45) is 8.03. The van der Waals surface area contributed by atoms with Crippen molar-refractivity contribution in [1.29, 1.82) is 0 Å². The number of rotatable bonds is 5. The molecule has 4 rings (SSSR count). The van der Waals surface area contributed by atoms with E-state index >= 15 is 0 Å². The van der Waals surface area contributed by atoms with Gasteiger partial charge in [-0.15, -0.1) is 24.0 Å². The van der Waals surface area contributed by atoms with E-state index in [0.29, 0.717) is 18.2 Å². The van der Waals surface area contributed by atoms with Crippen molar-refractivity contribution >= 4 is 29.9 Å². The van der Waals surface area contributed by atoms with Crippen molar-refractivity contribution < 1.29 is 4.74 Å². The predicted octanol–water partition coefficient (Wildman–Crippen LogP) is 2.53. The van der Waals surface area contributed by atoms with Gasteiger partial charge in [-0.25, -0.2) is 0 Å². The number of hydrogen-bond acceptors (Lipinski definition) is 3. The van der Waals surface area contributed by atoms with Crippen molar-refractivity contribution in [2.24, 2.45) is 4.99 Å². The Balaban J connectivity index is 0.00000196. The molecule has 0 aliphatic carbocycles. The largest absolute Gasteiger partial charge is 0.373 e. The Morgan fingerprint density at radius 3 is 2.77 bits per heavy atom. The summed E-state index contributed by atoms with van der Waals surface area (Å²) in [5.74, 6) is 0.843. The van der Waals surface area contributed by atoms with Crippen molar-refractivity contribution in [3.8, 4) is 0 Å². The number of nitrogens with zero attached hydrogens (tertiary/aromatic N) is 3. The molecular formula is C19H26IN5O. The Bertz CT molecular complexity index is 733. The second-order valence-corrected chi connectivity index (χ2v) is 6.76. The number of ether oxygens (including phenoxy) is 1. The van der Waals surface area contributed by atoms with Crippen LogP contribution >= 0.6 is 24.0 Å². The van der Waals surface area contributed by atoms with Crippen molar-refractivity contribution in [3.63, 3.8) is 0 Å². The van der Waals surface area contributed by atoms with Crippen LogP contribution in [-0.2, 0) is 17.8 Å². The fourth-order valence-electron chi connectivity index (χ4n) is 3.79. The Labute approximate surface area is 171 Å². The molecule has 1 aromatic carbocycles. The van der Waals surface area contributed by atoms with Gasteiger partial charge in [0.2, 0.25) is 0 Å². The lowest BCUT2D eigenvalue weighted by atomic mass is 9.96. The molecule has 2 aromatic rings. The van der Waals surface area contributed by atoms with Gasteiger partial charge in [-0.05, 0) is 36.5 Å². The maximum Gasteiger partial charge on any atom is 0.191 e. The Kier molecular flexibility index (Phi) is 6.53. The Hall–Kier alpha value is -1.61. The van der Waals surface area contributed by atoms with E-state index in [1.807, 2.05) is 30.2 Å². The van der Waals surface area contributed by atoms with Gasteiger partial charge in [-0.3, -0.25) is 9.67 Å². The topological polar surface area (TPSA) is 63.5 Å². The van der Waals surface area contributed by atoms with Gasteiger partial charge >= 0.3 is 0 Å². The molecule has 0 saturated carbocycles. The van der Waals surface area contributed by atoms with Crippen LogP contribution in [0.15, 0.2) is 47.7 Å². The van der Waals surface area contributed by atoms with Gasteiger partial charge in [0, 0.05) is 26.0 Å². The average molecular weight is 467 g/mol. The van der Waals surface area contributed by atoms with E-state index in [0.717, 1.165) is 31.9 Å². The molecule has 1 aromatic heterocycles. The van der Waals surface area contributed by atoms with Crippen LogP contribution in [0.2, 0.25) is 0 Å². The molecule has 140 valence electrons. The second-order valence-electron chi connectivity index (χ2n) is 6.76. The van der Waals surface area contributed by atoms with E-state index in [1.54, 1.807) is 0 Å². The first kappa shape index (κ1) is 19.2. The van der Waals surface area contributed by atoms with Crippen molar-refractivity contribution in [2.45, 2.75) is 50.6 Å². The van der Waals surface area contributed by atoms with Gasteiger partial charge in [-0.2, -0.15) is 5.10 Å². The first-order valence-corrected chi connectivity index (χ1v) is 8.98. The average Bonchev–Trinajstić information content (AvgIpc) is 3.38. The summed E-state index contributed by atoms with van der Waals surface area (Å²) in [6, 6.07) is 10.8. The summed E-state index contributed by atoms with van der Waals surface area (Å²) >= 11 is 0. The third-order valence-corrected chi connectivity index (χ3v) is 5.11. The highest BCUT2D eigenvalue weighted by atomic mass is 127. The molecule has 0 spiro atoms. The monoisotopic (exact) mass is 467 g/mol. The molecule has 2 fully saturated rings. The number of fused-ring (bicyclic) bond motifs is 2. The Morgan fingerprint density at radius 1 is 1.27 bits per heavy atom. The van der Waals surface area contributed by atoms with Crippen LogP contribution in [0.1, 0.15) is 30.4 Å². The summed E-state index contributed by atoms with van der Waals surface area (Å²) < 4.78 is 7.86. The quantitative estimate of drug-likeness (QED) is 0.403. The van der Waals surface area contributed by atoms with E-state index in [1.165, 1.54) is 17.5 Å². The van der Waals surface area contributed by atoms with Crippen LogP contribution in [0.4, 0.5) is 0 Å². The van der Waals surface area contributed by atoms with Crippen LogP contribution in [0.25, 0.3) is 0 Å². The van der Waals surface area contributed by atoms with Crippen LogP contribution < -0.4 is 10.6 Å². The molecule has 2 aliphatic heterocycles. The van der Waals surface area contributed by atoms with Crippen LogP contribution in [0, 0.1) is 0 Å². The normalized spacial score (nSPS) is 24.3. The lowest BCUT2D eigenvalue weighted by molar-refractivity contribution is 0.0992. The fourth-order valence-corrected chi connectivity index (χ4v) is 3.79. The first-order valence-electron chi connectivity index (χ1n) is 8.98. The highest BCUT2D eigenvalue weighted by Gasteiger charge is 2.41. The molecule has 2 bridgehead atoms. The zero-order chi connectivity index (χ0) is 17.1. The van der Waals surface area contributed by atoms with Crippen molar-refractivity contribution in [2.75, 3.05) is 7.05 Å². The minimum Gasteiger partial charge on any atom is -0.373 e. The van der Waals surface area contributed by atoms with Gasteiger partial charge in [0.25, 0.3) is 0 Å². The molecule has 7 heteroatoms. The van der Waals surface area contributed by atoms with E-state index in [2.05, 4.69) is 45.0 Å². The zero-order valence-corrected chi connectivity index (χ0v) is 17.3. The highest BCUT2D eigenvalue weighted by Crippen LogP contribution is 2.34. The second kappa shape index (κ2) is 8.85. The number of aliphatic imine (C=N–C) groups is 1. The van der Waals surface area contributed by atoms with E-state index in [-0.39, 0.29) is 24.0 Å². The summed E-state index contributed by atoms with van der Waals surface area (Å²) in [6.45, 7) is 1.51. The molecule has 3 atom stereocenters. The van der Waals surface area contributed by atoms with Gasteiger partial charge in [0.05, 0.1) is 24.8 Å². The maximum absolute atomic E-state index is 5.92. The number of hydrogen-bond donors (Lipinski definition) is 2. The molecule has 2 saturated heterocycles. The maximum atomic E-state index is 5.92. The minimum atomic E-state index is 0. The molecular weight excluding hydrogens is 441 g/mol. The molecule has 0 radical (unpaired) electrons. The zero-order valence-electron chi connectivity index (χ0n) is 15.0. The molecule has 3 heterocycles. The Morgan fingerprint density at radius 2 is 2.12 bits per heavy atom. The molecule has 2 aliphatic rings. The van der Waals surface area contributed by atoms with Crippen LogP contribution in [-0.4, -0.2) is 41.0 Å². The molecule has 3 unspecified atom stereocenters. The summed E-state index contributed by atoms with van der Waals surface area (Å²) in [7, 11) is 1.82. The van der Waals surface area contributed by atoms with Gasteiger partial charge < -0.3 is 15.4 Å². The number of nitrogens with one attached hydrogen (secondary N) is 2. The lowest BCUT2D eigenvalue weighted by Crippen LogP contribution is -2.47. The number of aromatic nitrogens is 2. The van der Waals surface area contributed by atoms with E-state index < -0.39 is 0 Å². The molecule has 26 heavy (non-hydrogen) atoms. The number of benzene rings is 1. The first-order chi connectivity index (χ1) is 12.3. The van der Waals surface area contributed by atoms with Gasteiger partial charge in [0.1, 0.15) is 0 Å². The molecule has 2 N–H and O–H groups in total. The minimum absolute atomic E-state index is 0. The van der Waals surface area contributed by atoms with E-state index in [9.17, 15) is 0 Å².